The Balaban J connectivity index is 2.26. The summed E-state index contributed by atoms with van der Waals surface area (Å²) < 4.78 is 0. The van der Waals surface area contributed by atoms with E-state index in [4.69, 9.17) is 0 Å². The van der Waals surface area contributed by atoms with Crippen molar-refractivity contribution in [3.63, 3.8) is 0 Å². The zero-order valence-electron chi connectivity index (χ0n) is 11.6. The standard InChI is InChI=1S/C16H21NO2/c1-3-5-13-14(10-15(18)17-16(13)19)12-8-6-11(4-2)7-9-12/h6-9,13-14H,3-5,10H2,1-2H3,(H,17,18,19). The van der Waals surface area contributed by atoms with Gasteiger partial charge in [0, 0.05) is 18.3 Å². The van der Waals surface area contributed by atoms with Crippen molar-refractivity contribution < 1.29 is 9.59 Å². The second-order valence-corrected chi connectivity index (χ2v) is 5.21. The van der Waals surface area contributed by atoms with E-state index in [9.17, 15) is 9.59 Å². The average Bonchev–Trinajstić information content (AvgIpc) is 2.42. The molecule has 1 aliphatic rings. The summed E-state index contributed by atoms with van der Waals surface area (Å²) in [5, 5.41) is 2.46. The van der Waals surface area contributed by atoms with Gasteiger partial charge in [-0.05, 0) is 24.0 Å². The molecule has 2 amide bonds. The van der Waals surface area contributed by atoms with Crippen molar-refractivity contribution in [1.82, 2.24) is 5.32 Å². The minimum atomic E-state index is -0.151. The molecule has 0 spiro atoms. The predicted molar refractivity (Wildman–Crippen MR) is 74.7 cm³/mol. The Morgan fingerprint density at radius 2 is 1.84 bits per heavy atom. The van der Waals surface area contributed by atoms with Crippen molar-refractivity contribution >= 4 is 11.8 Å². The molecule has 1 aromatic carbocycles. The maximum Gasteiger partial charge on any atom is 0.230 e. The quantitative estimate of drug-likeness (QED) is 0.845. The van der Waals surface area contributed by atoms with Crippen molar-refractivity contribution in [2.24, 2.45) is 5.92 Å². The fourth-order valence-electron chi connectivity index (χ4n) is 2.80. The molecule has 1 aliphatic heterocycles. The number of carbonyl (C=O) groups is 2. The third-order valence-corrected chi connectivity index (χ3v) is 3.91. The van der Waals surface area contributed by atoms with Crippen LogP contribution in [-0.4, -0.2) is 11.8 Å². The second kappa shape index (κ2) is 6.00. The van der Waals surface area contributed by atoms with Gasteiger partial charge in [0.1, 0.15) is 0 Å². The number of nitrogens with one attached hydrogen (secondary N) is 1. The molecule has 0 saturated carbocycles. The van der Waals surface area contributed by atoms with Crippen LogP contribution in [0.5, 0.6) is 0 Å². The first-order chi connectivity index (χ1) is 9.15. The van der Waals surface area contributed by atoms with Crippen LogP contribution >= 0.6 is 0 Å². The summed E-state index contributed by atoms with van der Waals surface area (Å²) in [6.07, 6.45) is 3.21. The first-order valence-corrected chi connectivity index (χ1v) is 7.08. The maximum atomic E-state index is 12.0. The third-order valence-electron chi connectivity index (χ3n) is 3.91. The minimum absolute atomic E-state index is 0.0344. The Kier molecular flexibility index (Phi) is 4.35. The topological polar surface area (TPSA) is 46.2 Å². The smallest absolute Gasteiger partial charge is 0.230 e. The Hall–Kier alpha value is -1.64. The van der Waals surface area contributed by atoms with Crippen LogP contribution < -0.4 is 5.32 Å². The van der Waals surface area contributed by atoms with E-state index in [2.05, 4.69) is 43.4 Å². The van der Waals surface area contributed by atoms with Gasteiger partial charge in [-0.25, -0.2) is 0 Å². The molecular weight excluding hydrogens is 238 g/mol. The van der Waals surface area contributed by atoms with E-state index >= 15 is 0 Å². The summed E-state index contributed by atoms with van der Waals surface area (Å²) in [7, 11) is 0. The number of hydrogen-bond acceptors (Lipinski definition) is 2. The van der Waals surface area contributed by atoms with Gasteiger partial charge in [-0.3, -0.25) is 14.9 Å². The molecule has 0 radical (unpaired) electrons. The maximum absolute atomic E-state index is 12.0. The van der Waals surface area contributed by atoms with Crippen molar-refractivity contribution in [3.05, 3.63) is 35.4 Å². The van der Waals surface area contributed by atoms with Gasteiger partial charge >= 0.3 is 0 Å². The molecule has 2 rings (SSSR count). The molecule has 2 atom stereocenters. The normalized spacial score (nSPS) is 23.3. The van der Waals surface area contributed by atoms with E-state index in [1.165, 1.54) is 5.56 Å². The number of carbonyl (C=O) groups excluding carboxylic acids is 2. The van der Waals surface area contributed by atoms with Crippen molar-refractivity contribution in [3.8, 4) is 0 Å². The molecule has 0 aliphatic carbocycles. The predicted octanol–water partition coefficient (Wildman–Crippen LogP) is 2.80. The molecule has 0 bridgehead atoms. The number of piperidine rings is 1. The van der Waals surface area contributed by atoms with Gasteiger partial charge < -0.3 is 0 Å². The van der Waals surface area contributed by atoms with E-state index in [1.54, 1.807) is 0 Å². The average molecular weight is 259 g/mol. The van der Waals surface area contributed by atoms with E-state index < -0.39 is 0 Å². The molecule has 3 nitrogen and oxygen atoms in total. The first kappa shape index (κ1) is 13.8. The number of benzene rings is 1. The van der Waals surface area contributed by atoms with Gasteiger partial charge in [-0.15, -0.1) is 0 Å². The first-order valence-electron chi connectivity index (χ1n) is 7.08. The second-order valence-electron chi connectivity index (χ2n) is 5.21. The van der Waals surface area contributed by atoms with Crippen LogP contribution in [0.1, 0.15) is 50.2 Å². The molecule has 1 aromatic rings. The molecule has 1 N–H and O–H groups in total. The lowest BCUT2D eigenvalue weighted by Gasteiger charge is -2.30. The lowest BCUT2D eigenvalue weighted by Crippen LogP contribution is -2.44. The highest BCUT2D eigenvalue weighted by molar-refractivity contribution is 5.99. The van der Waals surface area contributed by atoms with E-state index in [0.717, 1.165) is 24.8 Å². The molecule has 1 fully saturated rings. The Morgan fingerprint density at radius 1 is 1.16 bits per heavy atom. The molecule has 2 unspecified atom stereocenters. The highest BCUT2D eigenvalue weighted by atomic mass is 16.2. The van der Waals surface area contributed by atoms with Gasteiger partial charge in [0.2, 0.25) is 11.8 Å². The summed E-state index contributed by atoms with van der Waals surface area (Å²) in [4.78, 5) is 23.6. The van der Waals surface area contributed by atoms with E-state index in [0.29, 0.717) is 6.42 Å². The summed E-state index contributed by atoms with van der Waals surface area (Å²) >= 11 is 0. The molecular formula is C16H21NO2. The van der Waals surface area contributed by atoms with Gasteiger partial charge in [-0.2, -0.15) is 0 Å². The monoisotopic (exact) mass is 259 g/mol. The lowest BCUT2D eigenvalue weighted by atomic mass is 9.78. The number of amides is 2. The number of rotatable bonds is 4. The van der Waals surface area contributed by atoms with Crippen molar-refractivity contribution in [1.29, 1.82) is 0 Å². The van der Waals surface area contributed by atoms with E-state index in [1.807, 2.05) is 0 Å². The molecule has 0 aromatic heterocycles. The van der Waals surface area contributed by atoms with Gasteiger partial charge in [0.25, 0.3) is 0 Å². The SMILES string of the molecule is CCCC1C(=O)NC(=O)CC1c1ccc(CC)cc1. The molecule has 1 heterocycles. The molecule has 19 heavy (non-hydrogen) atoms. The zero-order valence-corrected chi connectivity index (χ0v) is 11.6. The Bertz CT molecular complexity index is 464. The number of hydrogen-bond donors (Lipinski definition) is 1. The zero-order chi connectivity index (χ0) is 13.8. The van der Waals surface area contributed by atoms with Crippen LogP contribution in [-0.2, 0) is 16.0 Å². The number of aryl methyl sites for hydroxylation is 1. The Morgan fingerprint density at radius 3 is 2.42 bits per heavy atom. The van der Waals surface area contributed by atoms with Gasteiger partial charge in [0.15, 0.2) is 0 Å². The fourth-order valence-corrected chi connectivity index (χ4v) is 2.80. The minimum Gasteiger partial charge on any atom is -0.296 e. The molecule has 1 saturated heterocycles. The summed E-state index contributed by atoms with van der Waals surface area (Å²) in [5.41, 5.74) is 2.39. The van der Waals surface area contributed by atoms with Gasteiger partial charge in [0.05, 0.1) is 0 Å². The summed E-state index contributed by atoms with van der Waals surface area (Å²) in [6, 6.07) is 8.32. The Labute approximate surface area is 114 Å². The molecule has 102 valence electrons. The fraction of sp³-hybridized carbons (Fsp3) is 0.500. The van der Waals surface area contributed by atoms with Crippen LogP contribution in [0.15, 0.2) is 24.3 Å². The van der Waals surface area contributed by atoms with Crippen LogP contribution in [0.4, 0.5) is 0 Å². The molecule has 3 heteroatoms. The number of imide groups is 1. The van der Waals surface area contributed by atoms with Crippen LogP contribution in [0.2, 0.25) is 0 Å². The van der Waals surface area contributed by atoms with Crippen molar-refractivity contribution in [2.45, 2.75) is 45.4 Å². The summed E-state index contributed by atoms with van der Waals surface area (Å²) in [5.74, 6) is -0.299. The highest BCUT2D eigenvalue weighted by Crippen LogP contribution is 2.34. The van der Waals surface area contributed by atoms with E-state index in [-0.39, 0.29) is 23.7 Å². The van der Waals surface area contributed by atoms with Crippen LogP contribution in [0, 0.1) is 5.92 Å². The van der Waals surface area contributed by atoms with Crippen molar-refractivity contribution in [2.75, 3.05) is 0 Å². The van der Waals surface area contributed by atoms with Crippen LogP contribution in [0.25, 0.3) is 0 Å². The largest absolute Gasteiger partial charge is 0.296 e. The summed E-state index contributed by atoms with van der Waals surface area (Å²) in [6.45, 7) is 4.19. The lowest BCUT2D eigenvalue weighted by molar-refractivity contribution is -0.137. The highest BCUT2D eigenvalue weighted by Gasteiger charge is 2.35. The third kappa shape index (κ3) is 3.03. The van der Waals surface area contributed by atoms with Gasteiger partial charge in [-0.1, -0.05) is 44.5 Å². The van der Waals surface area contributed by atoms with Crippen LogP contribution in [0.3, 0.4) is 0 Å².